The number of carbonyl (C=O) groups is 1. The highest BCUT2D eigenvalue weighted by molar-refractivity contribution is 5.71. The Morgan fingerprint density at radius 1 is 1.57 bits per heavy atom. The first kappa shape index (κ1) is 10.7. The molecular formula is C10H14N2O2. The van der Waals surface area contributed by atoms with Crippen molar-refractivity contribution in [3.05, 3.63) is 29.6 Å². The van der Waals surface area contributed by atoms with Gasteiger partial charge in [0.25, 0.3) is 0 Å². The lowest BCUT2D eigenvalue weighted by Gasteiger charge is -2.03. The monoisotopic (exact) mass is 194 g/mol. The standard InChI is InChI=1S/C10H14N2O2/c1-8-4-3-5-9(12-8)6-11-7-10(13)14-2/h3-5,11H,6-7H2,1-2H3. The summed E-state index contributed by atoms with van der Waals surface area (Å²) < 4.78 is 4.49. The Morgan fingerprint density at radius 2 is 2.36 bits per heavy atom. The first-order valence-electron chi connectivity index (χ1n) is 4.42. The van der Waals surface area contributed by atoms with Gasteiger partial charge in [0.15, 0.2) is 0 Å². The molecule has 1 N–H and O–H groups in total. The average molecular weight is 194 g/mol. The second-order valence-corrected chi connectivity index (χ2v) is 2.95. The van der Waals surface area contributed by atoms with Gasteiger partial charge < -0.3 is 10.1 Å². The molecule has 0 bridgehead atoms. The fourth-order valence-corrected chi connectivity index (χ4v) is 1.06. The molecule has 0 saturated carbocycles. The van der Waals surface area contributed by atoms with Gasteiger partial charge in [-0.2, -0.15) is 0 Å². The molecule has 14 heavy (non-hydrogen) atoms. The summed E-state index contributed by atoms with van der Waals surface area (Å²) in [6, 6.07) is 5.79. The van der Waals surface area contributed by atoms with E-state index in [9.17, 15) is 4.79 Å². The van der Waals surface area contributed by atoms with Crippen molar-refractivity contribution < 1.29 is 9.53 Å². The van der Waals surface area contributed by atoms with E-state index in [1.165, 1.54) is 7.11 Å². The summed E-state index contributed by atoms with van der Waals surface area (Å²) in [5.74, 6) is -0.266. The summed E-state index contributed by atoms with van der Waals surface area (Å²) >= 11 is 0. The molecule has 0 spiro atoms. The lowest BCUT2D eigenvalue weighted by atomic mass is 10.3. The molecule has 0 unspecified atom stereocenters. The molecular weight excluding hydrogens is 180 g/mol. The van der Waals surface area contributed by atoms with E-state index in [2.05, 4.69) is 15.0 Å². The van der Waals surface area contributed by atoms with Crippen LogP contribution in [0.1, 0.15) is 11.4 Å². The zero-order valence-electron chi connectivity index (χ0n) is 8.41. The van der Waals surface area contributed by atoms with Crippen LogP contribution in [0, 0.1) is 6.92 Å². The van der Waals surface area contributed by atoms with Gasteiger partial charge in [-0.25, -0.2) is 0 Å². The fraction of sp³-hybridized carbons (Fsp3) is 0.400. The number of esters is 1. The highest BCUT2D eigenvalue weighted by atomic mass is 16.5. The number of hydrogen-bond acceptors (Lipinski definition) is 4. The quantitative estimate of drug-likeness (QED) is 0.715. The maximum absolute atomic E-state index is 10.8. The third-order valence-corrected chi connectivity index (χ3v) is 1.75. The topological polar surface area (TPSA) is 51.2 Å². The van der Waals surface area contributed by atoms with Crippen LogP contribution in [0.5, 0.6) is 0 Å². The van der Waals surface area contributed by atoms with Gasteiger partial charge in [-0.05, 0) is 19.1 Å². The molecule has 1 rings (SSSR count). The summed E-state index contributed by atoms with van der Waals surface area (Å²) in [5, 5.41) is 2.94. The molecule has 0 saturated heterocycles. The highest BCUT2D eigenvalue weighted by Gasteiger charge is 1.99. The number of methoxy groups -OCH3 is 1. The van der Waals surface area contributed by atoms with Crippen molar-refractivity contribution in [2.75, 3.05) is 13.7 Å². The van der Waals surface area contributed by atoms with Crippen LogP contribution in [-0.2, 0) is 16.1 Å². The van der Waals surface area contributed by atoms with E-state index in [0.717, 1.165) is 11.4 Å². The van der Waals surface area contributed by atoms with E-state index < -0.39 is 0 Å². The molecule has 1 heterocycles. The minimum absolute atomic E-state index is 0.214. The number of rotatable bonds is 4. The number of aryl methyl sites for hydroxylation is 1. The zero-order chi connectivity index (χ0) is 10.4. The maximum Gasteiger partial charge on any atom is 0.319 e. The lowest BCUT2D eigenvalue weighted by molar-refractivity contribution is -0.139. The van der Waals surface area contributed by atoms with E-state index in [0.29, 0.717) is 6.54 Å². The number of nitrogens with zero attached hydrogens (tertiary/aromatic N) is 1. The largest absolute Gasteiger partial charge is 0.468 e. The van der Waals surface area contributed by atoms with Crippen LogP contribution in [0.15, 0.2) is 18.2 Å². The predicted molar refractivity (Wildman–Crippen MR) is 52.7 cm³/mol. The van der Waals surface area contributed by atoms with Gasteiger partial charge in [-0.3, -0.25) is 9.78 Å². The Labute approximate surface area is 83.3 Å². The summed E-state index contributed by atoms with van der Waals surface area (Å²) in [4.78, 5) is 15.0. The van der Waals surface area contributed by atoms with Crippen LogP contribution < -0.4 is 5.32 Å². The molecule has 0 aliphatic carbocycles. The summed E-state index contributed by atoms with van der Waals surface area (Å²) in [6.07, 6.45) is 0. The molecule has 0 radical (unpaired) electrons. The second-order valence-electron chi connectivity index (χ2n) is 2.95. The smallest absolute Gasteiger partial charge is 0.319 e. The third kappa shape index (κ3) is 3.53. The first-order chi connectivity index (χ1) is 6.72. The lowest BCUT2D eigenvalue weighted by Crippen LogP contribution is -2.23. The molecule has 0 aliphatic rings. The number of nitrogens with one attached hydrogen (secondary N) is 1. The van der Waals surface area contributed by atoms with Crippen LogP contribution in [0.2, 0.25) is 0 Å². The highest BCUT2D eigenvalue weighted by Crippen LogP contribution is 1.96. The molecule has 0 amide bonds. The average Bonchev–Trinajstić information content (AvgIpc) is 2.17. The number of carbonyl (C=O) groups excluding carboxylic acids is 1. The van der Waals surface area contributed by atoms with E-state index >= 15 is 0 Å². The van der Waals surface area contributed by atoms with Gasteiger partial charge >= 0.3 is 5.97 Å². The van der Waals surface area contributed by atoms with Crippen molar-refractivity contribution in [1.82, 2.24) is 10.3 Å². The molecule has 1 aromatic heterocycles. The van der Waals surface area contributed by atoms with Crippen molar-refractivity contribution in [3.63, 3.8) is 0 Å². The van der Waals surface area contributed by atoms with Crippen LogP contribution in [0.4, 0.5) is 0 Å². The van der Waals surface area contributed by atoms with Crippen LogP contribution >= 0.6 is 0 Å². The molecule has 76 valence electrons. The second kappa shape index (κ2) is 5.34. The summed E-state index contributed by atoms with van der Waals surface area (Å²) in [6.45, 7) is 2.73. The number of aromatic nitrogens is 1. The van der Waals surface area contributed by atoms with E-state index in [-0.39, 0.29) is 12.5 Å². The predicted octanol–water partition coefficient (Wildman–Crippen LogP) is 0.653. The summed E-state index contributed by atoms with van der Waals surface area (Å²) in [7, 11) is 1.37. The SMILES string of the molecule is COC(=O)CNCc1cccc(C)n1. The van der Waals surface area contributed by atoms with Crippen LogP contribution in [0.3, 0.4) is 0 Å². The maximum atomic E-state index is 10.8. The zero-order valence-corrected chi connectivity index (χ0v) is 8.41. The minimum atomic E-state index is -0.266. The molecule has 1 aromatic rings. The van der Waals surface area contributed by atoms with Gasteiger partial charge in [0.1, 0.15) is 0 Å². The van der Waals surface area contributed by atoms with Crippen LogP contribution in [-0.4, -0.2) is 24.6 Å². The molecule has 0 fully saturated rings. The normalized spacial score (nSPS) is 9.86. The Hall–Kier alpha value is -1.42. The van der Waals surface area contributed by atoms with Gasteiger partial charge in [-0.15, -0.1) is 0 Å². The molecule has 0 atom stereocenters. The summed E-state index contributed by atoms with van der Waals surface area (Å²) in [5.41, 5.74) is 1.90. The van der Waals surface area contributed by atoms with E-state index in [1.54, 1.807) is 0 Å². The molecule has 0 aromatic carbocycles. The van der Waals surface area contributed by atoms with Gasteiger partial charge in [-0.1, -0.05) is 6.07 Å². The Balaban J connectivity index is 2.35. The molecule has 4 heteroatoms. The molecule has 0 aliphatic heterocycles. The van der Waals surface area contributed by atoms with Gasteiger partial charge in [0.2, 0.25) is 0 Å². The van der Waals surface area contributed by atoms with E-state index in [1.807, 2.05) is 25.1 Å². The van der Waals surface area contributed by atoms with Crippen molar-refractivity contribution in [2.45, 2.75) is 13.5 Å². The number of hydrogen-bond donors (Lipinski definition) is 1. The number of pyridine rings is 1. The third-order valence-electron chi connectivity index (χ3n) is 1.75. The van der Waals surface area contributed by atoms with Crippen molar-refractivity contribution in [3.8, 4) is 0 Å². The number of ether oxygens (including phenoxy) is 1. The Bertz CT molecular complexity index is 313. The Morgan fingerprint density at radius 3 is 3.00 bits per heavy atom. The Kier molecular flexibility index (Phi) is 4.07. The minimum Gasteiger partial charge on any atom is -0.468 e. The van der Waals surface area contributed by atoms with Crippen molar-refractivity contribution in [2.24, 2.45) is 0 Å². The fourth-order valence-electron chi connectivity index (χ4n) is 1.06. The van der Waals surface area contributed by atoms with Crippen molar-refractivity contribution >= 4 is 5.97 Å². The van der Waals surface area contributed by atoms with Crippen molar-refractivity contribution in [1.29, 1.82) is 0 Å². The van der Waals surface area contributed by atoms with E-state index in [4.69, 9.17) is 0 Å². The first-order valence-corrected chi connectivity index (χ1v) is 4.42. The van der Waals surface area contributed by atoms with Gasteiger partial charge in [0.05, 0.1) is 19.3 Å². The van der Waals surface area contributed by atoms with Gasteiger partial charge in [0, 0.05) is 12.2 Å². The molecule has 4 nitrogen and oxygen atoms in total. The van der Waals surface area contributed by atoms with Crippen LogP contribution in [0.25, 0.3) is 0 Å².